The molecule has 0 aliphatic carbocycles. The Morgan fingerprint density at radius 2 is 2.20 bits per heavy atom. The van der Waals surface area contributed by atoms with E-state index in [9.17, 15) is 23.5 Å². The highest BCUT2D eigenvalue weighted by molar-refractivity contribution is 7.84. The van der Waals surface area contributed by atoms with Crippen LogP contribution in [0.1, 0.15) is 17.3 Å². The molecule has 0 saturated heterocycles. The summed E-state index contributed by atoms with van der Waals surface area (Å²) in [4.78, 5) is 21.8. The van der Waals surface area contributed by atoms with Gasteiger partial charge in [0, 0.05) is 28.9 Å². The SMILES string of the molecule is CC(CNC(=O)c1cc(N)c(F)cc1[N+](=O)[O-])S(C)=O. The van der Waals surface area contributed by atoms with Crippen molar-refractivity contribution in [2.24, 2.45) is 0 Å². The molecule has 0 heterocycles. The number of hydrogen-bond acceptors (Lipinski definition) is 5. The van der Waals surface area contributed by atoms with Crippen molar-refractivity contribution in [2.75, 3.05) is 18.5 Å². The third-order valence-corrected chi connectivity index (χ3v) is 3.97. The maximum absolute atomic E-state index is 13.2. The molecule has 0 bridgehead atoms. The van der Waals surface area contributed by atoms with Gasteiger partial charge in [0.25, 0.3) is 11.6 Å². The summed E-state index contributed by atoms with van der Waals surface area (Å²) in [5.41, 5.74) is 3.95. The molecule has 7 nitrogen and oxygen atoms in total. The molecule has 3 N–H and O–H groups in total. The van der Waals surface area contributed by atoms with Crippen LogP contribution >= 0.6 is 0 Å². The molecule has 0 spiro atoms. The third kappa shape index (κ3) is 3.73. The fourth-order valence-corrected chi connectivity index (χ4v) is 1.68. The van der Waals surface area contributed by atoms with Crippen molar-refractivity contribution in [3.8, 4) is 0 Å². The average molecular weight is 303 g/mol. The first-order chi connectivity index (χ1) is 9.23. The number of nitrogens with one attached hydrogen (secondary N) is 1. The van der Waals surface area contributed by atoms with Gasteiger partial charge >= 0.3 is 0 Å². The van der Waals surface area contributed by atoms with Crippen LogP contribution in [0.25, 0.3) is 0 Å². The number of hydrogen-bond donors (Lipinski definition) is 2. The summed E-state index contributed by atoms with van der Waals surface area (Å²) < 4.78 is 24.4. The predicted octanol–water partition coefficient (Wildman–Crippen LogP) is 0.813. The molecule has 1 rings (SSSR count). The molecular formula is C11H14FN3O4S. The van der Waals surface area contributed by atoms with Gasteiger partial charge in [-0.05, 0) is 13.0 Å². The monoisotopic (exact) mass is 303 g/mol. The fraction of sp³-hybridized carbons (Fsp3) is 0.364. The maximum Gasteiger partial charge on any atom is 0.285 e. The summed E-state index contributed by atoms with van der Waals surface area (Å²) >= 11 is 0. The highest BCUT2D eigenvalue weighted by Gasteiger charge is 2.23. The van der Waals surface area contributed by atoms with Crippen LogP contribution in [0.15, 0.2) is 12.1 Å². The van der Waals surface area contributed by atoms with E-state index in [4.69, 9.17) is 5.73 Å². The first-order valence-electron chi connectivity index (χ1n) is 5.58. The zero-order chi connectivity index (χ0) is 15.4. The quantitative estimate of drug-likeness (QED) is 0.474. The van der Waals surface area contributed by atoms with Crippen LogP contribution in [0.3, 0.4) is 0 Å². The molecule has 1 aromatic carbocycles. The van der Waals surface area contributed by atoms with Crippen molar-refractivity contribution in [1.29, 1.82) is 0 Å². The normalized spacial score (nSPS) is 13.6. The van der Waals surface area contributed by atoms with Crippen LogP contribution < -0.4 is 11.1 Å². The molecule has 0 aliphatic rings. The van der Waals surface area contributed by atoms with E-state index in [-0.39, 0.29) is 23.0 Å². The van der Waals surface area contributed by atoms with E-state index in [0.717, 1.165) is 6.07 Å². The smallest absolute Gasteiger partial charge is 0.285 e. The summed E-state index contributed by atoms with van der Waals surface area (Å²) in [6, 6.07) is 1.52. The molecule has 110 valence electrons. The minimum Gasteiger partial charge on any atom is -0.396 e. The number of carbonyl (C=O) groups excluding carboxylic acids is 1. The van der Waals surface area contributed by atoms with Gasteiger partial charge in [0.2, 0.25) is 0 Å². The van der Waals surface area contributed by atoms with E-state index in [1.165, 1.54) is 6.26 Å². The molecule has 20 heavy (non-hydrogen) atoms. The first kappa shape index (κ1) is 16.0. The Hall–Kier alpha value is -2.03. The number of amides is 1. The molecule has 9 heteroatoms. The van der Waals surface area contributed by atoms with Crippen molar-refractivity contribution in [1.82, 2.24) is 5.32 Å². The number of benzene rings is 1. The second-order valence-electron chi connectivity index (χ2n) is 4.17. The lowest BCUT2D eigenvalue weighted by Gasteiger charge is -2.10. The summed E-state index contributed by atoms with van der Waals surface area (Å²) in [5, 5.41) is 12.9. The Morgan fingerprint density at radius 1 is 1.60 bits per heavy atom. The zero-order valence-corrected chi connectivity index (χ0v) is 11.7. The number of anilines is 1. The Bertz CT molecular complexity index is 579. The van der Waals surface area contributed by atoms with E-state index in [2.05, 4.69) is 5.32 Å². The van der Waals surface area contributed by atoms with Crippen molar-refractivity contribution >= 4 is 28.1 Å². The van der Waals surface area contributed by atoms with Gasteiger partial charge in [-0.3, -0.25) is 19.1 Å². The molecule has 0 radical (unpaired) electrons. The summed E-state index contributed by atoms with van der Waals surface area (Å²) in [5.74, 6) is -1.73. The van der Waals surface area contributed by atoms with E-state index in [1.807, 2.05) is 0 Å². The number of nitro groups is 1. The van der Waals surface area contributed by atoms with Crippen molar-refractivity contribution in [3.05, 3.63) is 33.6 Å². The average Bonchev–Trinajstić information content (AvgIpc) is 2.37. The van der Waals surface area contributed by atoms with Gasteiger partial charge in [-0.15, -0.1) is 0 Å². The fourth-order valence-electron chi connectivity index (χ4n) is 1.36. The number of nitrogens with zero attached hydrogens (tertiary/aromatic N) is 1. The standard InChI is InChI=1S/C11H14FN3O4S/c1-6(20(2)19)5-14-11(16)7-3-9(13)8(12)4-10(7)15(17)18/h3-4,6H,5,13H2,1-2H3,(H,14,16). The molecule has 0 fully saturated rings. The molecule has 2 atom stereocenters. The number of rotatable bonds is 5. The first-order valence-corrected chi connectivity index (χ1v) is 7.20. The number of nitrogens with two attached hydrogens (primary N) is 1. The van der Waals surface area contributed by atoms with Crippen LogP contribution in [0.2, 0.25) is 0 Å². The molecular weight excluding hydrogens is 289 g/mol. The Balaban J connectivity index is 3.00. The zero-order valence-electron chi connectivity index (χ0n) is 10.9. The van der Waals surface area contributed by atoms with Crippen molar-refractivity contribution in [2.45, 2.75) is 12.2 Å². The maximum atomic E-state index is 13.2. The Morgan fingerprint density at radius 3 is 2.70 bits per heavy atom. The van der Waals surface area contributed by atoms with Gasteiger partial charge < -0.3 is 11.1 Å². The highest BCUT2D eigenvalue weighted by atomic mass is 32.2. The Labute approximate surface area is 117 Å². The van der Waals surface area contributed by atoms with Crippen LogP contribution in [-0.4, -0.2) is 33.1 Å². The van der Waals surface area contributed by atoms with E-state index >= 15 is 0 Å². The summed E-state index contributed by atoms with van der Waals surface area (Å²) in [7, 11) is -1.14. The number of halogens is 1. The Kier molecular flexibility index (Phi) is 5.14. The largest absolute Gasteiger partial charge is 0.396 e. The lowest BCUT2D eigenvalue weighted by molar-refractivity contribution is -0.385. The van der Waals surface area contributed by atoms with Crippen molar-refractivity contribution < 1.29 is 18.3 Å². The molecule has 0 aliphatic heterocycles. The minimum atomic E-state index is -1.14. The van der Waals surface area contributed by atoms with Crippen LogP contribution in [0.4, 0.5) is 15.8 Å². The second-order valence-corrected chi connectivity index (χ2v) is 5.97. The van der Waals surface area contributed by atoms with E-state index in [1.54, 1.807) is 6.92 Å². The van der Waals surface area contributed by atoms with Gasteiger partial charge in [0.05, 0.1) is 16.7 Å². The number of nitro benzene ring substituents is 1. The second kappa shape index (κ2) is 6.42. The molecule has 2 unspecified atom stereocenters. The molecule has 0 saturated carbocycles. The minimum absolute atomic E-state index is 0.0797. The van der Waals surface area contributed by atoms with Crippen LogP contribution in [-0.2, 0) is 10.8 Å². The predicted molar refractivity (Wildman–Crippen MR) is 73.3 cm³/mol. The lowest BCUT2D eigenvalue weighted by Crippen LogP contribution is -2.33. The molecule has 0 aromatic heterocycles. The summed E-state index contributed by atoms with van der Waals surface area (Å²) in [6.45, 7) is 1.74. The van der Waals surface area contributed by atoms with Crippen LogP contribution in [0, 0.1) is 15.9 Å². The lowest BCUT2D eigenvalue weighted by atomic mass is 10.1. The highest BCUT2D eigenvalue weighted by Crippen LogP contribution is 2.24. The van der Waals surface area contributed by atoms with Gasteiger partial charge in [-0.2, -0.15) is 0 Å². The summed E-state index contributed by atoms with van der Waals surface area (Å²) in [6.07, 6.45) is 1.48. The van der Waals surface area contributed by atoms with E-state index < -0.39 is 33.1 Å². The molecule has 1 aromatic rings. The molecule has 1 amide bonds. The van der Waals surface area contributed by atoms with Gasteiger partial charge in [-0.1, -0.05) is 0 Å². The topological polar surface area (TPSA) is 115 Å². The van der Waals surface area contributed by atoms with E-state index in [0.29, 0.717) is 6.07 Å². The van der Waals surface area contributed by atoms with Crippen molar-refractivity contribution in [3.63, 3.8) is 0 Å². The van der Waals surface area contributed by atoms with Gasteiger partial charge in [0.15, 0.2) is 5.82 Å². The third-order valence-electron chi connectivity index (χ3n) is 2.67. The van der Waals surface area contributed by atoms with Crippen LogP contribution in [0.5, 0.6) is 0 Å². The number of nitrogen functional groups attached to an aromatic ring is 1. The van der Waals surface area contributed by atoms with Gasteiger partial charge in [0.1, 0.15) is 5.56 Å². The van der Waals surface area contributed by atoms with Gasteiger partial charge in [-0.25, -0.2) is 4.39 Å². The number of carbonyl (C=O) groups is 1.